The molecule has 0 aliphatic heterocycles. The molecule has 0 saturated carbocycles. The van der Waals surface area contributed by atoms with E-state index in [1.807, 2.05) is 72.8 Å². The summed E-state index contributed by atoms with van der Waals surface area (Å²) in [6, 6.07) is 115. The molecular formula is C84H54N8. The molecule has 8 nitrogen and oxygen atoms in total. The number of rotatable bonds is 12. The third-order valence-corrected chi connectivity index (χ3v) is 17.4. The maximum absolute atomic E-state index is 5.76. The molecule has 4 aromatic heterocycles. The predicted molar refractivity (Wildman–Crippen MR) is 376 cm³/mol. The average Bonchev–Trinajstić information content (AvgIpc) is 0.945. The van der Waals surface area contributed by atoms with Gasteiger partial charge in [-0.25, -0.2) is 29.9 Å². The number of hydrogen-bond donors (Lipinski definition) is 0. The monoisotopic (exact) mass is 1170 g/mol. The van der Waals surface area contributed by atoms with E-state index in [9.17, 15) is 0 Å². The van der Waals surface area contributed by atoms with E-state index in [0.29, 0.717) is 34.9 Å². The van der Waals surface area contributed by atoms with Crippen LogP contribution in [0.2, 0.25) is 0 Å². The van der Waals surface area contributed by atoms with Crippen LogP contribution in [-0.4, -0.2) is 39.0 Å². The summed E-state index contributed by atoms with van der Waals surface area (Å²) in [7, 11) is 0. The summed E-state index contributed by atoms with van der Waals surface area (Å²) in [6.07, 6.45) is 0. The largest absolute Gasteiger partial charge is 0.309 e. The Hall–Kier alpha value is -12.5. The smallest absolute Gasteiger partial charge is 0.165 e. The normalized spacial score (nSPS) is 11.5. The standard InChI is InChI=1S/C84H54N8/c1-9-29-55(30-10-1)73-74(56-31-11-2-12-32-56)78(84-89-81(59-37-17-5-18-38-59)86-82(90-84)60-39-19-6-20-40-60)76(62-50-52-72-68(54-62)66-46-26-28-48-70(66)92(72)64-43-23-8-24-44-64)75(61-49-51-71-67(53-61)65-45-25-27-47-69(65)91(71)63-41-21-7-22-42-63)77(73)83-87-79(57-33-13-3-14-34-57)85-80(88-83)58-35-15-4-16-36-58/h1-54H. The van der Waals surface area contributed by atoms with Gasteiger partial charge < -0.3 is 9.13 Å². The highest BCUT2D eigenvalue weighted by molar-refractivity contribution is 6.18. The maximum atomic E-state index is 5.76. The van der Waals surface area contributed by atoms with Crippen molar-refractivity contribution in [2.45, 2.75) is 0 Å². The molecule has 13 aromatic carbocycles. The second-order valence-corrected chi connectivity index (χ2v) is 22.9. The van der Waals surface area contributed by atoms with Crippen molar-refractivity contribution >= 4 is 43.6 Å². The van der Waals surface area contributed by atoms with Gasteiger partial charge in [-0.15, -0.1) is 0 Å². The number of nitrogens with zero attached hydrogens (tertiary/aromatic N) is 8. The van der Waals surface area contributed by atoms with Gasteiger partial charge in [0.2, 0.25) is 0 Å². The Labute approximate surface area is 531 Å². The second-order valence-electron chi connectivity index (χ2n) is 22.9. The van der Waals surface area contributed by atoms with Crippen LogP contribution in [0.3, 0.4) is 0 Å². The molecule has 17 rings (SSSR count). The zero-order chi connectivity index (χ0) is 60.9. The Balaban J connectivity index is 1.13. The van der Waals surface area contributed by atoms with Crippen LogP contribution in [0, 0.1) is 0 Å². The quantitative estimate of drug-likeness (QED) is 0.121. The van der Waals surface area contributed by atoms with Crippen LogP contribution in [0.1, 0.15) is 0 Å². The Morgan fingerprint density at radius 1 is 0.163 bits per heavy atom. The lowest BCUT2D eigenvalue weighted by molar-refractivity contribution is 1.07. The van der Waals surface area contributed by atoms with Crippen LogP contribution >= 0.6 is 0 Å². The molecule has 17 aromatic rings. The number of benzene rings is 13. The topological polar surface area (TPSA) is 87.2 Å². The summed E-state index contributed by atoms with van der Waals surface area (Å²) in [5.41, 5.74) is 18.9. The first-order valence-corrected chi connectivity index (χ1v) is 30.9. The molecule has 0 aliphatic rings. The van der Waals surface area contributed by atoms with Crippen LogP contribution in [0.25, 0.3) is 168 Å². The lowest BCUT2D eigenvalue weighted by Gasteiger charge is -2.28. The van der Waals surface area contributed by atoms with Crippen molar-refractivity contribution < 1.29 is 0 Å². The molecule has 0 bridgehead atoms. The summed E-state index contributed by atoms with van der Waals surface area (Å²) in [6.45, 7) is 0. The fraction of sp³-hybridized carbons (Fsp3) is 0. The van der Waals surface area contributed by atoms with E-state index in [-0.39, 0.29) is 0 Å². The van der Waals surface area contributed by atoms with Crippen LogP contribution in [-0.2, 0) is 0 Å². The van der Waals surface area contributed by atoms with Gasteiger partial charge in [-0.2, -0.15) is 0 Å². The molecule has 0 radical (unpaired) electrons. The maximum Gasteiger partial charge on any atom is 0.165 e. The highest BCUT2D eigenvalue weighted by Crippen LogP contribution is 2.56. The van der Waals surface area contributed by atoms with Crippen LogP contribution in [0.15, 0.2) is 328 Å². The van der Waals surface area contributed by atoms with E-state index in [1.165, 1.54) is 0 Å². The summed E-state index contributed by atoms with van der Waals surface area (Å²) in [5, 5.41) is 4.40. The minimum absolute atomic E-state index is 0.496. The fourth-order valence-electron chi connectivity index (χ4n) is 13.4. The zero-order valence-electron chi connectivity index (χ0n) is 49.8. The molecule has 0 fully saturated rings. The van der Waals surface area contributed by atoms with Gasteiger partial charge in [-0.05, 0) is 82.9 Å². The third kappa shape index (κ3) is 9.41. The van der Waals surface area contributed by atoms with Crippen molar-refractivity contribution in [1.82, 2.24) is 39.0 Å². The van der Waals surface area contributed by atoms with Crippen molar-refractivity contribution in [3.63, 3.8) is 0 Å². The van der Waals surface area contributed by atoms with Gasteiger partial charge in [0.1, 0.15) is 0 Å². The van der Waals surface area contributed by atoms with Crippen molar-refractivity contribution in [1.29, 1.82) is 0 Å². The van der Waals surface area contributed by atoms with Crippen molar-refractivity contribution in [2.75, 3.05) is 0 Å². The summed E-state index contributed by atoms with van der Waals surface area (Å²) in [4.78, 5) is 33.8. The highest BCUT2D eigenvalue weighted by atomic mass is 15.1. The molecule has 0 amide bonds. The van der Waals surface area contributed by atoms with Gasteiger partial charge in [0.05, 0.1) is 22.1 Å². The first-order valence-electron chi connectivity index (χ1n) is 30.9. The fourth-order valence-corrected chi connectivity index (χ4v) is 13.4. The molecule has 0 unspecified atom stereocenters. The number of hydrogen-bond acceptors (Lipinski definition) is 6. The van der Waals surface area contributed by atoms with Gasteiger partial charge in [0.25, 0.3) is 0 Å². The van der Waals surface area contributed by atoms with Gasteiger partial charge >= 0.3 is 0 Å². The summed E-state index contributed by atoms with van der Waals surface area (Å²) < 4.78 is 4.74. The van der Waals surface area contributed by atoms with E-state index < -0.39 is 0 Å². The Bertz CT molecular complexity index is 5120. The van der Waals surface area contributed by atoms with Crippen LogP contribution < -0.4 is 0 Å². The van der Waals surface area contributed by atoms with E-state index in [1.54, 1.807) is 0 Å². The molecule has 0 atom stereocenters. The predicted octanol–water partition coefficient (Wildman–Crippen LogP) is 20.9. The molecule has 0 N–H and O–H groups in total. The Morgan fingerprint density at radius 3 is 0.717 bits per heavy atom. The van der Waals surface area contributed by atoms with E-state index in [4.69, 9.17) is 29.9 Å². The van der Waals surface area contributed by atoms with Crippen molar-refractivity contribution in [2.24, 2.45) is 0 Å². The Kier molecular flexibility index (Phi) is 13.4. The van der Waals surface area contributed by atoms with E-state index in [2.05, 4.69) is 264 Å². The molecule has 4 heterocycles. The molecule has 430 valence electrons. The minimum atomic E-state index is 0.496. The highest BCUT2D eigenvalue weighted by Gasteiger charge is 2.34. The Morgan fingerprint density at radius 2 is 0.402 bits per heavy atom. The molecule has 0 saturated heterocycles. The van der Waals surface area contributed by atoms with Crippen molar-refractivity contribution in [3.05, 3.63) is 328 Å². The van der Waals surface area contributed by atoms with Crippen LogP contribution in [0.4, 0.5) is 0 Å². The first kappa shape index (κ1) is 53.7. The third-order valence-electron chi connectivity index (χ3n) is 17.4. The molecule has 92 heavy (non-hydrogen) atoms. The second kappa shape index (κ2) is 22.9. The molecule has 0 spiro atoms. The number of fused-ring (bicyclic) bond motifs is 6. The van der Waals surface area contributed by atoms with E-state index >= 15 is 0 Å². The van der Waals surface area contributed by atoms with Gasteiger partial charge in [0.15, 0.2) is 34.9 Å². The van der Waals surface area contributed by atoms with Gasteiger partial charge in [0, 0.05) is 88.6 Å². The SMILES string of the molecule is c1ccc(-c2nc(-c3ccccc3)nc(-c3c(-c4ccccc4)c(-c4ccccc4)c(-c4nc(-c5ccccc5)nc(-c5ccccc5)n4)c(-c4ccc5c(c4)c4ccccc4n5-c4ccccc4)c3-c3ccc4c(c3)c3ccccc3n4-c3ccccc3)n2)cc1. The minimum Gasteiger partial charge on any atom is -0.309 e. The van der Waals surface area contributed by atoms with Gasteiger partial charge in [-0.3, -0.25) is 0 Å². The molecule has 8 heteroatoms. The summed E-state index contributed by atoms with van der Waals surface area (Å²) in [5.74, 6) is 3.16. The lowest BCUT2D eigenvalue weighted by Crippen LogP contribution is -2.08. The number of aromatic nitrogens is 8. The van der Waals surface area contributed by atoms with Gasteiger partial charge in [-0.1, -0.05) is 267 Å². The van der Waals surface area contributed by atoms with Crippen molar-refractivity contribution in [3.8, 4) is 124 Å². The zero-order valence-corrected chi connectivity index (χ0v) is 49.8. The average molecular weight is 1180 g/mol. The molecule has 0 aliphatic carbocycles. The van der Waals surface area contributed by atoms with E-state index in [0.717, 1.165) is 133 Å². The first-order chi connectivity index (χ1) is 45.7. The molecular weight excluding hydrogens is 1120 g/mol. The number of para-hydroxylation sites is 4. The lowest BCUT2D eigenvalue weighted by atomic mass is 9.76. The summed E-state index contributed by atoms with van der Waals surface area (Å²) >= 11 is 0. The van der Waals surface area contributed by atoms with Crippen LogP contribution in [0.5, 0.6) is 0 Å².